The number of fused-ring (bicyclic) bond motifs is 6. The summed E-state index contributed by atoms with van der Waals surface area (Å²) in [6.07, 6.45) is 0. The molecule has 212 valence electrons. The summed E-state index contributed by atoms with van der Waals surface area (Å²) in [5.41, 5.74) is 9.60. The fourth-order valence-electron chi connectivity index (χ4n) is 6.83. The molecule has 0 fully saturated rings. The maximum absolute atomic E-state index is 2.44. The highest BCUT2D eigenvalue weighted by Gasteiger charge is 2.23. The average molecular weight is 593 g/mol. The number of hydrogen-bond acceptors (Lipinski definition) is 2. The molecule has 45 heavy (non-hydrogen) atoms. The normalized spacial score (nSPS) is 11.6. The van der Waals surface area contributed by atoms with E-state index in [1.54, 1.807) is 0 Å². The largest absolute Gasteiger partial charge is 0.309 e. The number of aromatic nitrogens is 1. The van der Waals surface area contributed by atoms with Crippen LogP contribution in [-0.4, -0.2) is 4.57 Å². The predicted octanol–water partition coefficient (Wildman–Crippen LogP) is 12.3. The molecular weight excluding hydrogens is 565 g/mol. The molecule has 9 aromatic rings. The molecular formula is C42H28N2S. The Balaban J connectivity index is 1.34. The van der Waals surface area contributed by atoms with Gasteiger partial charge in [-0.15, -0.1) is 11.3 Å². The number of hydrogen-bond donors (Lipinski definition) is 0. The SMILES string of the molecule is c1ccc(N(c2ccccc2-c2cccc3c2sc2c4ccccc4n(-c4ccccc4)c32)c2cccc3ccccc23)cc1. The van der Waals surface area contributed by atoms with Crippen molar-refractivity contribution in [2.24, 2.45) is 0 Å². The molecule has 9 rings (SSSR count). The molecule has 0 N–H and O–H groups in total. The van der Waals surface area contributed by atoms with Gasteiger partial charge in [-0.2, -0.15) is 0 Å². The molecule has 2 nitrogen and oxygen atoms in total. The first-order chi connectivity index (χ1) is 22.4. The number of rotatable bonds is 5. The summed E-state index contributed by atoms with van der Waals surface area (Å²) in [5, 5.41) is 5.02. The fraction of sp³-hybridized carbons (Fsp3) is 0. The van der Waals surface area contributed by atoms with E-state index in [1.165, 1.54) is 58.8 Å². The minimum atomic E-state index is 1.13. The number of benzene rings is 7. The summed E-state index contributed by atoms with van der Waals surface area (Å²) in [6, 6.07) is 61.2. The van der Waals surface area contributed by atoms with Crippen molar-refractivity contribution in [2.75, 3.05) is 4.90 Å². The minimum absolute atomic E-state index is 1.13. The molecule has 0 spiro atoms. The molecule has 0 aliphatic rings. The van der Waals surface area contributed by atoms with Crippen molar-refractivity contribution in [2.45, 2.75) is 0 Å². The van der Waals surface area contributed by atoms with Crippen molar-refractivity contribution < 1.29 is 0 Å². The van der Waals surface area contributed by atoms with E-state index < -0.39 is 0 Å². The third kappa shape index (κ3) is 4.09. The third-order valence-corrected chi connectivity index (χ3v) is 10.0. The number of thiophene rings is 1. The Bertz CT molecular complexity index is 2480. The lowest BCUT2D eigenvalue weighted by Crippen LogP contribution is -2.11. The molecule has 2 heterocycles. The fourth-order valence-corrected chi connectivity index (χ4v) is 8.18. The smallest absolute Gasteiger partial charge is 0.0727 e. The first kappa shape index (κ1) is 25.8. The summed E-state index contributed by atoms with van der Waals surface area (Å²) in [5.74, 6) is 0. The lowest BCUT2D eigenvalue weighted by Gasteiger charge is -2.29. The topological polar surface area (TPSA) is 8.17 Å². The van der Waals surface area contributed by atoms with Crippen molar-refractivity contribution in [1.82, 2.24) is 4.57 Å². The molecule has 0 aliphatic heterocycles. The third-order valence-electron chi connectivity index (χ3n) is 8.77. The Hall–Kier alpha value is -5.64. The standard InChI is InChI=1S/C42H28N2S/c1-3-17-30(18-4-1)43(37-28-13-16-29-15-7-8-21-32(29)37)38-26-11-9-22-33(38)34-24-14-25-36-40-42(45-41(34)36)35-23-10-12-27-39(35)44(40)31-19-5-2-6-20-31/h1-28H. The Kier molecular flexibility index (Phi) is 6.03. The van der Waals surface area contributed by atoms with Crippen molar-refractivity contribution >= 4 is 70.4 Å². The predicted molar refractivity (Wildman–Crippen MR) is 194 cm³/mol. The van der Waals surface area contributed by atoms with Crippen molar-refractivity contribution in [3.8, 4) is 16.8 Å². The van der Waals surface area contributed by atoms with E-state index >= 15 is 0 Å². The average Bonchev–Trinajstić information content (AvgIpc) is 3.65. The minimum Gasteiger partial charge on any atom is -0.309 e. The Morgan fingerprint density at radius 1 is 0.422 bits per heavy atom. The van der Waals surface area contributed by atoms with Crippen LogP contribution in [0.25, 0.3) is 58.8 Å². The van der Waals surface area contributed by atoms with Gasteiger partial charge in [0.2, 0.25) is 0 Å². The first-order valence-corrected chi connectivity index (χ1v) is 16.1. The van der Waals surface area contributed by atoms with Crippen LogP contribution in [0.15, 0.2) is 170 Å². The number of anilines is 3. The van der Waals surface area contributed by atoms with Crippen molar-refractivity contribution in [3.05, 3.63) is 170 Å². The van der Waals surface area contributed by atoms with Gasteiger partial charge in [0.15, 0.2) is 0 Å². The highest BCUT2D eigenvalue weighted by atomic mass is 32.1. The van der Waals surface area contributed by atoms with E-state index in [1.807, 2.05) is 11.3 Å². The number of para-hydroxylation sites is 4. The molecule has 0 aliphatic carbocycles. The highest BCUT2D eigenvalue weighted by Crippen LogP contribution is 2.49. The summed E-state index contributed by atoms with van der Waals surface area (Å²) >= 11 is 1.90. The van der Waals surface area contributed by atoms with Gasteiger partial charge in [0.05, 0.1) is 27.1 Å². The van der Waals surface area contributed by atoms with Crippen molar-refractivity contribution in [3.63, 3.8) is 0 Å². The Labute approximate surface area is 265 Å². The Morgan fingerprint density at radius 2 is 1.02 bits per heavy atom. The van der Waals surface area contributed by atoms with Gasteiger partial charge in [-0.25, -0.2) is 0 Å². The second-order valence-corrected chi connectivity index (χ2v) is 12.4. The van der Waals surface area contributed by atoms with E-state index in [0.29, 0.717) is 0 Å². The van der Waals surface area contributed by atoms with Crippen LogP contribution in [0.2, 0.25) is 0 Å². The molecule has 3 heteroatoms. The van der Waals surface area contributed by atoms with Gasteiger partial charge < -0.3 is 9.47 Å². The molecule has 0 saturated carbocycles. The van der Waals surface area contributed by atoms with Gasteiger partial charge >= 0.3 is 0 Å². The molecule has 0 atom stereocenters. The molecule has 7 aromatic carbocycles. The summed E-state index contributed by atoms with van der Waals surface area (Å²) < 4.78 is 5.06. The van der Waals surface area contributed by atoms with Gasteiger partial charge in [0.1, 0.15) is 0 Å². The van der Waals surface area contributed by atoms with Crippen LogP contribution < -0.4 is 4.90 Å². The lowest BCUT2D eigenvalue weighted by molar-refractivity contribution is 1.19. The molecule has 0 unspecified atom stereocenters. The van der Waals surface area contributed by atoms with E-state index in [0.717, 1.165) is 17.1 Å². The van der Waals surface area contributed by atoms with Crippen LogP contribution in [-0.2, 0) is 0 Å². The maximum atomic E-state index is 2.44. The van der Waals surface area contributed by atoms with E-state index in [-0.39, 0.29) is 0 Å². The van der Waals surface area contributed by atoms with Gasteiger partial charge in [0.25, 0.3) is 0 Å². The van der Waals surface area contributed by atoms with Gasteiger partial charge in [-0.05, 0) is 47.9 Å². The van der Waals surface area contributed by atoms with Gasteiger partial charge in [-0.3, -0.25) is 0 Å². The summed E-state index contributed by atoms with van der Waals surface area (Å²) in [7, 11) is 0. The summed E-state index contributed by atoms with van der Waals surface area (Å²) in [4.78, 5) is 2.42. The number of nitrogens with zero attached hydrogens (tertiary/aromatic N) is 2. The highest BCUT2D eigenvalue weighted by molar-refractivity contribution is 7.27. The zero-order valence-electron chi connectivity index (χ0n) is 24.5. The molecule has 0 bridgehead atoms. The van der Waals surface area contributed by atoms with E-state index in [4.69, 9.17) is 0 Å². The van der Waals surface area contributed by atoms with Crippen LogP contribution in [0, 0.1) is 0 Å². The zero-order chi connectivity index (χ0) is 29.7. The first-order valence-electron chi connectivity index (χ1n) is 15.3. The quantitative estimate of drug-likeness (QED) is 0.193. The zero-order valence-corrected chi connectivity index (χ0v) is 25.3. The monoisotopic (exact) mass is 592 g/mol. The van der Waals surface area contributed by atoms with E-state index in [2.05, 4.69) is 179 Å². The van der Waals surface area contributed by atoms with Crippen molar-refractivity contribution in [1.29, 1.82) is 0 Å². The van der Waals surface area contributed by atoms with Crippen LogP contribution in [0.4, 0.5) is 17.1 Å². The van der Waals surface area contributed by atoms with E-state index in [9.17, 15) is 0 Å². The van der Waals surface area contributed by atoms with Crippen LogP contribution in [0.1, 0.15) is 0 Å². The molecule has 0 radical (unpaired) electrons. The van der Waals surface area contributed by atoms with Gasteiger partial charge in [0, 0.05) is 43.4 Å². The Morgan fingerprint density at radius 3 is 1.89 bits per heavy atom. The second kappa shape index (κ2) is 10.5. The lowest BCUT2D eigenvalue weighted by atomic mass is 9.99. The van der Waals surface area contributed by atoms with Gasteiger partial charge in [-0.1, -0.05) is 127 Å². The molecule has 0 amide bonds. The molecule has 0 saturated heterocycles. The van der Waals surface area contributed by atoms with Crippen LogP contribution in [0.3, 0.4) is 0 Å². The summed E-state index contributed by atoms with van der Waals surface area (Å²) in [6.45, 7) is 0. The van der Waals surface area contributed by atoms with Crippen LogP contribution >= 0.6 is 11.3 Å². The van der Waals surface area contributed by atoms with Crippen LogP contribution in [0.5, 0.6) is 0 Å². The second-order valence-electron chi connectivity index (χ2n) is 11.3. The maximum Gasteiger partial charge on any atom is 0.0727 e. The molecule has 2 aromatic heterocycles.